The van der Waals surface area contributed by atoms with E-state index in [0.717, 1.165) is 11.9 Å². The Morgan fingerprint density at radius 1 is 1.40 bits per heavy atom. The van der Waals surface area contributed by atoms with E-state index in [4.69, 9.17) is 4.52 Å². The summed E-state index contributed by atoms with van der Waals surface area (Å²) in [5, 5.41) is 7.72. The van der Waals surface area contributed by atoms with Crippen molar-refractivity contribution in [3.8, 4) is 0 Å². The second-order valence-corrected chi connectivity index (χ2v) is 4.69. The number of benzene rings is 1. The molecule has 0 spiro atoms. The second kappa shape index (κ2) is 5.21. The highest BCUT2D eigenvalue weighted by molar-refractivity contribution is 5.91. The van der Waals surface area contributed by atoms with Crippen molar-refractivity contribution in [1.29, 1.82) is 0 Å². The summed E-state index contributed by atoms with van der Waals surface area (Å²) < 4.78 is 4.92. The summed E-state index contributed by atoms with van der Waals surface area (Å²) >= 11 is 0. The van der Waals surface area contributed by atoms with Crippen LogP contribution in [0.25, 0.3) is 10.9 Å². The molecular weight excluding hydrogens is 254 g/mol. The molecule has 0 bridgehead atoms. The lowest BCUT2D eigenvalue weighted by molar-refractivity contribution is 0.0917. The van der Waals surface area contributed by atoms with Gasteiger partial charge in [0.2, 0.25) is 5.76 Å². The zero-order valence-electron chi connectivity index (χ0n) is 11.1. The predicted octanol–water partition coefficient (Wildman–Crippen LogP) is 2.44. The van der Waals surface area contributed by atoms with E-state index in [1.165, 1.54) is 10.9 Å². The Morgan fingerprint density at radius 3 is 3.10 bits per heavy atom. The summed E-state index contributed by atoms with van der Waals surface area (Å²) in [5.74, 6) is 0.0224. The van der Waals surface area contributed by atoms with E-state index in [0.29, 0.717) is 12.2 Å². The molecule has 3 aromatic rings. The van der Waals surface area contributed by atoms with Crippen LogP contribution in [-0.4, -0.2) is 22.6 Å². The van der Waals surface area contributed by atoms with Gasteiger partial charge in [-0.2, -0.15) is 0 Å². The second-order valence-electron chi connectivity index (χ2n) is 4.69. The number of hydrogen-bond acceptors (Lipinski definition) is 3. The summed E-state index contributed by atoms with van der Waals surface area (Å²) in [4.78, 5) is 15.0. The minimum atomic E-state index is -0.230. The van der Waals surface area contributed by atoms with E-state index in [9.17, 15) is 4.79 Å². The van der Waals surface area contributed by atoms with Gasteiger partial charge in [0.25, 0.3) is 5.91 Å². The van der Waals surface area contributed by atoms with Crippen LogP contribution in [0.15, 0.2) is 41.1 Å². The third-order valence-electron chi connectivity index (χ3n) is 3.22. The number of hydrogen-bond donors (Lipinski definition) is 2. The molecule has 0 saturated carbocycles. The lowest BCUT2D eigenvalue weighted by Crippen LogP contribution is -2.25. The van der Waals surface area contributed by atoms with Gasteiger partial charge in [-0.25, -0.2) is 0 Å². The lowest BCUT2D eigenvalue weighted by atomic mass is 10.1. The Bertz CT molecular complexity index is 742. The van der Waals surface area contributed by atoms with Crippen molar-refractivity contribution in [3.63, 3.8) is 0 Å². The Kier molecular flexibility index (Phi) is 3.25. The van der Waals surface area contributed by atoms with Crippen molar-refractivity contribution in [2.24, 2.45) is 0 Å². The third-order valence-corrected chi connectivity index (χ3v) is 3.22. The first-order valence-corrected chi connectivity index (χ1v) is 6.50. The van der Waals surface area contributed by atoms with E-state index < -0.39 is 0 Å². The number of aryl methyl sites for hydroxylation is 1. The Labute approximate surface area is 116 Å². The number of rotatable bonds is 4. The monoisotopic (exact) mass is 269 g/mol. The minimum Gasteiger partial charge on any atom is -0.361 e. The van der Waals surface area contributed by atoms with Gasteiger partial charge in [-0.15, -0.1) is 0 Å². The Hall–Kier alpha value is -2.56. The first-order chi connectivity index (χ1) is 9.74. The maximum absolute atomic E-state index is 11.8. The molecule has 0 atom stereocenters. The lowest BCUT2D eigenvalue weighted by Gasteiger charge is -2.04. The number of nitrogens with one attached hydrogen (secondary N) is 2. The van der Waals surface area contributed by atoms with Crippen LogP contribution in [-0.2, 0) is 6.42 Å². The predicted molar refractivity (Wildman–Crippen MR) is 75.6 cm³/mol. The van der Waals surface area contributed by atoms with Crippen molar-refractivity contribution in [1.82, 2.24) is 15.5 Å². The Morgan fingerprint density at radius 2 is 2.30 bits per heavy atom. The number of nitrogens with zero attached hydrogens (tertiary/aromatic N) is 1. The number of fused-ring (bicyclic) bond motifs is 1. The molecule has 0 aliphatic carbocycles. The van der Waals surface area contributed by atoms with Gasteiger partial charge in [0.05, 0.1) is 5.69 Å². The van der Waals surface area contributed by atoms with Crippen LogP contribution in [0.2, 0.25) is 0 Å². The number of amides is 1. The van der Waals surface area contributed by atoms with Gasteiger partial charge < -0.3 is 14.8 Å². The summed E-state index contributed by atoms with van der Waals surface area (Å²) in [6.45, 7) is 2.34. The van der Waals surface area contributed by atoms with Crippen LogP contribution in [0.4, 0.5) is 0 Å². The molecule has 2 N–H and O–H groups in total. The quantitative estimate of drug-likeness (QED) is 0.764. The molecule has 0 saturated heterocycles. The standard InChI is InChI=1S/C15H15N3O2/c1-10-9-14(20-18-10)15(19)17-7-5-11-3-2-4-13-12(11)6-8-16-13/h2-4,6,8-9,16H,5,7H2,1H3,(H,17,19). The zero-order valence-corrected chi connectivity index (χ0v) is 11.1. The molecule has 5 heteroatoms. The van der Waals surface area contributed by atoms with Gasteiger partial charge in [0, 0.05) is 29.7 Å². The number of H-pyrrole nitrogens is 1. The SMILES string of the molecule is Cc1cc(C(=O)NCCc2cccc3[nH]ccc23)on1. The third kappa shape index (κ3) is 2.42. The molecule has 0 aliphatic rings. The topological polar surface area (TPSA) is 70.9 Å². The van der Waals surface area contributed by atoms with Crippen LogP contribution in [0.5, 0.6) is 0 Å². The fourth-order valence-corrected chi connectivity index (χ4v) is 2.24. The molecule has 3 rings (SSSR count). The van der Waals surface area contributed by atoms with Crippen molar-refractivity contribution < 1.29 is 9.32 Å². The van der Waals surface area contributed by atoms with E-state index in [2.05, 4.69) is 21.5 Å². The summed E-state index contributed by atoms with van der Waals surface area (Å²) in [6.07, 6.45) is 2.69. The maximum atomic E-state index is 11.8. The van der Waals surface area contributed by atoms with Crippen molar-refractivity contribution in [2.45, 2.75) is 13.3 Å². The molecule has 0 aliphatic heterocycles. The zero-order chi connectivity index (χ0) is 13.9. The first kappa shape index (κ1) is 12.5. The molecule has 102 valence electrons. The van der Waals surface area contributed by atoms with E-state index in [1.807, 2.05) is 24.4 Å². The van der Waals surface area contributed by atoms with Crippen LogP contribution in [0, 0.1) is 6.92 Å². The average molecular weight is 269 g/mol. The van der Waals surface area contributed by atoms with E-state index >= 15 is 0 Å². The van der Waals surface area contributed by atoms with Crippen LogP contribution >= 0.6 is 0 Å². The smallest absolute Gasteiger partial charge is 0.289 e. The average Bonchev–Trinajstić information content (AvgIpc) is 3.07. The fourth-order valence-electron chi connectivity index (χ4n) is 2.24. The molecule has 2 heterocycles. The molecule has 0 fully saturated rings. The molecule has 0 radical (unpaired) electrons. The highest BCUT2D eigenvalue weighted by Gasteiger charge is 2.10. The van der Waals surface area contributed by atoms with Crippen LogP contribution < -0.4 is 5.32 Å². The van der Waals surface area contributed by atoms with Crippen molar-refractivity contribution in [2.75, 3.05) is 6.54 Å². The largest absolute Gasteiger partial charge is 0.361 e. The van der Waals surface area contributed by atoms with Gasteiger partial charge >= 0.3 is 0 Å². The molecule has 2 aromatic heterocycles. The van der Waals surface area contributed by atoms with Gasteiger partial charge in [-0.3, -0.25) is 4.79 Å². The number of aromatic amines is 1. The number of carbonyl (C=O) groups excluding carboxylic acids is 1. The molecule has 0 unspecified atom stereocenters. The summed E-state index contributed by atoms with van der Waals surface area (Å²) in [7, 11) is 0. The van der Waals surface area contributed by atoms with Crippen LogP contribution in [0.3, 0.4) is 0 Å². The Balaban J connectivity index is 1.63. The van der Waals surface area contributed by atoms with Crippen molar-refractivity contribution in [3.05, 3.63) is 53.5 Å². The van der Waals surface area contributed by atoms with E-state index in [1.54, 1.807) is 13.0 Å². The van der Waals surface area contributed by atoms with Crippen LogP contribution in [0.1, 0.15) is 21.8 Å². The van der Waals surface area contributed by atoms with E-state index in [-0.39, 0.29) is 11.7 Å². The fraction of sp³-hybridized carbons (Fsp3) is 0.200. The minimum absolute atomic E-state index is 0.230. The number of aromatic nitrogens is 2. The van der Waals surface area contributed by atoms with Gasteiger partial charge in [0.15, 0.2) is 0 Å². The highest BCUT2D eigenvalue weighted by Crippen LogP contribution is 2.17. The normalized spacial score (nSPS) is 10.8. The summed E-state index contributed by atoms with van der Waals surface area (Å²) in [5.41, 5.74) is 3.02. The molecule has 5 nitrogen and oxygen atoms in total. The number of carbonyl (C=O) groups is 1. The molecule has 20 heavy (non-hydrogen) atoms. The highest BCUT2D eigenvalue weighted by atomic mass is 16.5. The molecule has 1 amide bonds. The summed E-state index contributed by atoms with van der Waals surface area (Å²) in [6, 6.07) is 9.79. The first-order valence-electron chi connectivity index (χ1n) is 6.50. The maximum Gasteiger partial charge on any atom is 0.289 e. The van der Waals surface area contributed by atoms with Gasteiger partial charge in [-0.1, -0.05) is 17.3 Å². The molecule has 1 aromatic carbocycles. The van der Waals surface area contributed by atoms with Gasteiger partial charge in [0.1, 0.15) is 0 Å². The van der Waals surface area contributed by atoms with Crippen molar-refractivity contribution >= 4 is 16.8 Å². The van der Waals surface area contributed by atoms with Gasteiger partial charge in [-0.05, 0) is 31.0 Å². The molecular formula is C15H15N3O2.